The molecule has 0 amide bonds. The maximum atomic E-state index is 11.3. The Labute approximate surface area is 109 Å². The van der Waals surface area contributed by atoms with Gasteiger partial charge < -0.3 is 9.15 Å². The van der Waals surface area contributed by atoms with E-state index in [4.69, 9.17) is 4.42 Å². The third kappa shape index (κ3) is 3.60. The summed E-state index contributed by atoms with van der Waals surface area (Å²) < 4.78 is 10.2. The number of furan rings is 1. The number of hydrogen-bond donors (Lipinski definition) is 0. The summed E-state index contributed by atoms with van der Waals surface area (Å²) in [5, 5.41) is 0. The van der Waals surface area contributed by atoms with Gasteiger partial charge in [-0.2, -0.15) is 0 Å². The first-order valence-electron chi connectivity index (χ1n) is 6.56. The highest BCUT2D eigenvalue weighted by atomic mass is 16.5. The molecule has 0 aliphatic heterocycles. The summed E-state index contributed by atoms with van der Waals surface area (Å²) >= 11 is 0. The molecule has 0 radical (unpaired) electrons. The molecule has 0 aliphatic carbocycles. The van der Waals surface area contributed by atoms with Crippen molar-refractivity contribution in [2.24, 2.45) is 0 Å². The minimum atomic E-state index is -0.426. The molecular formula is C14H23NO3. The van der Waals surface area contributed by atoms with E-state index in [-0.39, 0.29) is 11.8 Å². The van der Waals surface area contributed by atoms with Gasteiger partial charge in [0.2, 0.25) is 5.76 Å². The van der Waals surface area contributed by atoms with Gasteiger partial charge in [-0.25, -0.2) is 4.79 Å². The number of carbonyl (C=O) groups is 1. The van der Waals surface area contributed by atoms with E-state index in [2.05, 4.69) is 30.4 Å². The minimum Gasteiger partial charge on any atom is -0.463 e. The smallest absolute Gasteiger partial charge is 0.373 e. The van der Waals surface area contributed by atoms with E-state index in [1.165, 1.54) is 20.0 Å². The van der Waals surface area contributed by atoms with Crippen LogP contribution in [0.2, 0.25) is 0 Å². The zero-order chi connectivity index (χ0) is 13.5. The van der Waals surface area contributed by atoms with Crippen molar-refractivity contribution in [3.63, 3.8) is 0 Å². The second-order valence-electron chi connectivity index (χ2n) is 4.35. The molecule has 1 atom stereocenters. The van der Waals surface area contributed by atoms with Crippen molar-refractivity contribution in [2.75, 3.05) is 20.2 Å². The van der Waals surface area contributed by atoms with Gasteiger partial charge in [0.15, 0.2) is 0 Å². The Balaban J connectivity index is 2.72. The molecule has 1 aromatic heterocycles. The fourth-order valence-electron chi connectivity index (χ4n) is 1.95. The van der Waals surface area contributed by atoms with E-state index in [0.29, 0.717) is 0 Å². The number of nitrogens with zero attached hydrogens (tertiary/aromatic N) is 1. The predicted octanol–water partition coefficient (Wildman–Crippen LogP) is 3.25. The molecule has 4 nitrogen and oxygen atoms in total. The Morgan fingerprint density at radius 2 is 2.17 bits per heavy atom. The lowest BCUT2D eigenvalue weighted by molar-refractivity contribution is 0.0559. The van der Waals surface area contributed by atoms with Gasteiger partial charge in [0.1, 0.15) is 5.76 Å². The van der Waals surface area contributed by atoms with Crippen LogP contribution in [0.3, 0.4) is 0 Å². The van der Waals surface area contributed by atoms with Crippen LogP contribution in [-0.4, -0.2) is 31.1 Å². The van der Waals surface area contributed by atoms with Gasteiger partial charge in [0.25, 0.3) is 0 Å². The summed E-state index contributed by atoms with van der Waals surface area (Å²) in [6.45, 7) is 8.42. The van der Waals surface area contributed by atoms with Crippen LogP contribution in [-0.2, 0) is 4.74 Å². The fraction of sp³-hybridized carbons (Fsp3) is 0.643. The molecule has 0 bridgehead atoms. The predicted molar refractivity (Wildman–Crippen MR) is 70.6 cm³/mol. The topological polar surface area (TPSA) is 42.7 Å². The number of unbranched alkanes of at least 4 members (excludes halogenated alkanes) is 1. The highest BCUT2D eigenvalue weighted by Gasteiger charge is 2.19. The van der Waals surface area contributed by atoms with Gasteiger partial charge in [-0.15, -0.1) is 0 Å². The van der Waals surface area contributed by atoms with Gasteiger partial charge in [-0.3, -0.25) is 4.90 Å². The average molecular weight is 253 g/mol. The highest BCUT2D eigenvalue weighted by molar-refractivity contribution is 5.86. The third-order valence-corrected chi connectivity index (χ3v) is 3.18. The number of carbonyl (C=O) groups excluding carboxylic acids is 1. The summed E-state index contributed by atoms with van der Waals surface area (Å²) in [4.78, 5) is 13.7. The second kappa shape index (κ2) is 7.21. The summed E-state index contributed by atoms with van der Waals surface area (Å²) in [6.07, 6.45) is 2.34. The van der Waals surface area contributed by atoms with Crippen LogP contribution in [0.1, 0.15) is 56.0 Å². The van der Waals surface area contributed by atoms with E-state index < -0.39 is 5.97 Å². The van der Waals surface area contributed by atoms with Crippen molar-refractivity contribution in [3.05, 3.63) is 23.7 Å². The van der Waals surface area contributed by atoms with Crippen LogP contribution in [0.15, 0.2) is 16.5 Å². The van der Waals surface area contributed by atoms with E-state index in [1.54, 1.807) is 6.07 Å². The summed E-state index contributed by atoms with van der Waals surface area (Å²) in [5.41, 5.74) is 0. The van der Waals surface area contributed by atoms with Crippen molar-refractivity contribution >= 4 is 5.97 Å². The van der Waals surface area contributed by atoms with E-state index in [0.717, 1.165) is 18.8 Å². The molecule has 0 fully saturated rings. The molecule has 1 aromatic rings. The number of methoxy groups -OCH3 is 1. The second-order valence-corrected chi connectivity index (χ2v) is 4.35. The minimum absolute atomic E-state index is 0.181. The molecule has 0 saturated heterocycles. The van der Waals surface area contributed by atoms with Gasteiger partial charge in [0.05, 0.1) is 13.2 Å². The van der Waals surface area contributed by atoms with Crippen LogP contribution in [0.25, 0.3) is 0 Å². The molecule has 1 unspecified atom stereocenters. The van der Waals surface area contributed by atoms with Crippen LogP contribution in [0.5, 0.6) is 0 Å². The highest BCUT2D eigenvalue weighted by Crippen LogP contribution is 2.23. The lowest BCUT2D eigenvalue weighted by Crippen LogP contribution is -2.27. The van der Waals surface area contributed by atoms with Crippen molar-refractivity contribution < 1.29 is 13.9 Å². The van der Waals surface area contributed by atoms with Gasteiger partial charge in [-0.05, 0) is 38.6 Å². The summed E-state index contributed by atoms with van der Waals surface area (Å²) in [6, 6.07) is 3.71. The van der Waals surface area contributed by atoms with Crippen molar-refractivity contribution in [1.29, 1.82) is 0 Å². The largest absolute Gasteiger partial charge is 0.463 e. The molecule has 4 heteroatoms. The maximum absolute atomic E-state index is 11.3. The monoisotopic (exact) mass is 253 g/mol. The van der Waals surface area contributed by atoms with Crippen LogP contribution in [0, 0.1) is 0 Å². The Morgan fingerprint density at radius 3 is 2.72 bits per heavy atom. The fourth-order valence-corrected chi connectivity index (χ4v) is 1.95. The Kier molecular flexibility index (Phi) is 5.92. The summed E-state index contributed by atoms with van der Waals surface area (Å²) in [7, 11) is 1.35. The first-order valence-corrected chi connectivity index (χ1v) is 6.56. The maximum Gasteiger partial charge on any atom is 0.373 e. The first kappa shape index (κ1) is 14.8. The molecule has 102 valence electrons. The van der Waals surface area contributed by atoms with Gasteiger partial charge in [0, 0.05) is 0 Å². The first-order chi connectivity index (χ1) is 8.63. The van der Waals surface area contributed by atoms with Crippen LogP contribution >= 0.6 is 0 Å². The van der Waals surface area contributed by atoms with E-state index in [9.17, 15) is 4.79 Å². The number of esters is 1. The molecule has 1 heterocycles. The van der Waals surface area contributed by atoms with E-state index in [1.807, 2.05) is 6.07 Å². The van der Waals surface area contributed by atoms with Crippen molar-refractivity contribution in [1.82, 2.24) is 4.90 Å². The average Bonchev–Trinajstić information content (AvgIpc) is 2.88. The van der Waals surface area contributed by atoms with Crippen molar-refractivity contribution in [2.45, 2.75) is 39.7 Å². The molecule has 0 N–H and O–H groups in total. The standard InChI is InChI=1S/C14H23NO3/c1-5-7-10-15(6-2)11(3)12-8-9-13(18-12)14(16)17-4/h8-9,11H,5-7,10H2,1-4H3. The van der Waals surface area contributed by atoms with Gasteiger partial charge in [-0.1, -0.05) is 20.3 Å². The molecule has 18 heavy (non-hydrogen) atoms. The number of rotatable bonds is 7. The molecular weight excluding hydrogens is 230 g/mol. The Hall–Kier alpha value is -1.29. The van der Waals surface area contributed by atoms with Gasteiger partial charge >= 0.3 is 5.97 Å². The molecule has 0 saturated carbocycles. The molecule has 0 aliphatic rings. The third-order valence-electron chi connectivity index (χ3n) is 3.18. The van der Waals surface area contributed by atoms with Crippen LogP contribution in [0.4, 0.5) is 0 Å². The zero-order valence-electron chi connectivity index (χ0n) is 11.7. The van der Waals surface area contributed by atoms with Crippen LogP contribution < -0.4 is 0 Å². The molecule has 0 aromatic carbocycles. The number of hydrogen-bond acceptors (Lipinski definition) is 4. The lowest BCUT2D eigenvalue weighted by Gasteiger charge is -2.26. The Bertz CT molecular complexity index is 373. The van der Waals surface area contributed by atoms with Crippen molar-refractivity contribution in [3.8, 4) is 0 Å². The number of ether oxygens (including phenoxy) is 1. The SMILES string of the molecule is CCCCN(CC)C(C)c1ccc(C(=O)OC)o1. The van der Waals surface area contributed by atoms with E-state index >= 15 is 0 Å². The molecule has 0 spiro atoms. The zero-order valence-corrected chi connectivity index (χ0v) is 11.7. The summed E-state index contributed by atoms with van der Waals surface area (Å²) in [5.74, 6) is 0.657. The Morgan fingerprint density at radius 1 is 1.44 bits per heavy atom. The lowest BCUT2D eigenvalue weighted by atomic mass is 10.2. The molecule has 1 rings (SSSR count). The quantitative estimate of drug-likeness (QED) is 0.700. The normalized spacial score (nSPS) is 12.7.